The summed E-state index contributed by atoms with van der Waals surface area (Å²) in [5.41, 5.74) is 4.52. The zero-order valence-corrected chi connectivity index (χ0v) is 18.9. The highest BCUT2D eigenvalue weighted by molar-refractivity contribution is 6.14. The normalized spacial score (nSPS) is 15.4. The van der Waals surface area contributed by atoms with Crippen molar-refractivity contribution in [2.75, 3.05) is 12.0 Å². The lowest BCUT2D eigenvalue weighted by atomic mass is 10.1. The predicted octanol–water partition coefficient (Wildman–Crippen LogP) is 5.67. The van der Waals surface area contributed by atoms with Gasteiger partial charge in [0.05, 0.1) is 29.3 Å². The predicted molar refractivity (Wildman–Crippen MR) is 135 cm³/mol. The van der Waals surface area contributed by atoms with Gasteiger partial charge < -0.3 is 9.47 Å². The van der Waals surface area contributed by atoms with Crippen molar-refractivity contribution in [3.8, 4) is 11.5 Å². The molecule has 1 atom stereocenters. The first kappa shape index (κ1) is 23.9. The third-order valence-corrected chi connectivity index (χ3v) is 6.18. The molecule has 8 nitrogen and oxygen atoms in total. The molecule has 0 unspecified atom stereocenters. The first-order chi connectivity index (χ1) is 16.5. The van der Waals surface area contributed by atoms with Gasteiger partial charge in [-0.15, -0.1) is 0 Å². The molecule has 2 heterocycles. The lowest BCUT2D eigenvalue weighted by molar-refractivity contribution is -0.385. The summed E-state index contributed by atoms with van der Waals surface area (Å²) in [5, 5.41) is 11.3. The van der Waals surface area contributed by atoms with E-state index >= 15 is 0 Å². The number of benzene rings is 3. The van der Waals surface area contributed by atoms with Gasteiger partial charge in [-0.1, -0.05) is 38.6 Å². The summed E-state index contributed by atoms with van der Waals surface area (Å²) in [4.78, 5) is 30.7. The number of hydrogen-bond donors (Lipinski definition) is 0. The van der Waals surface area contributed by atoms with Crippen molar-refractivity contribution >= 4 is 29.2 Å². The molecule has 0 aliphatic carbocycles. The average molecular weight is 474 g/mol. The van der Waals surface area contributed by atoms with Gasteiger partial charge in [0.15, 0.2) is 11.5 Å². The molecule has 3 aromatic rings. The third-order valence-electron chi connectivity index (χ3n) is 6.18. The largest absolute Gasteiger partial charge is 0.493 e. The standard InChI is InChI=1S/C26H23N3O5.CH4/c1-3-16-8-17(10-19(9-16)29(31)32)15-34-25-13-22-21(12-24(25)33-2)26(30)28-20(14-27-22)11-18-6-4-5-7-23(18)28;/h4-10,12-14,20H,3,11,15H2,1-2H3;1H4/t20-;/m0./s1. The van der Waals surface area contributed by atoms with Crippen LogP contribution in [-0.4, -0.2) is 30.2 Å². The molecule has 0 N–H and O–H groups in total. The first-order valence-corrected chi connectivity index (χ1v) is 11.1. The summed E-state index contributed by atoms with van der Waals surface area (Å²) in [6.45, 7) is 2.06. The summed E-state index contributed by atoms with van der Waals surface area (Å²) in [6, 6.07) is 16.0. The number of aliphatic imine (C=N–C) groups is 1. The van der Waals surface area contributed by atoms with Gasteiger partial charge in [-0.3, -0.25) is 24.8 Å². The van der Waals surface area contributed by atoms with E-state index in [1.807, 2.05) is 37.3 Å². The number of para-hydroxylation sites is 1. The van der Waals surface area contributed by atoms with Crippen molar-refractivity contribution in [1.29, 1.82) is 0 Å². The van der Waals surface area contributed by atoms with Gasteiger partial charge in [0, 0.05) is 36.5 Å². The number of fused-ring (bicyclic) bond motifs is 4. The maximum Gasteiger partial charge on any atom is 0.270 e. The maximum atomic E-state index is 13.5. The quantitative estimate of drug-likeness (QED) is 0.340. The van der Waals surface area contributed by atoms with Crippen molar-refractivity contribution in [3.63, 3.8) is 0 Å². The number of ether oxygens (including phenoxy) is 2. The number of carbonyl (C=O) groups excluding carboxylic acids is 1. The fourth-order valence-electron chi connectivity index (χ4n) is 4.49. The van der Waals surface area contributed by atoms with E-state index in [4.69, 9.17) is 9.47 Å². The van der Waals surface area contributed by atoms with Crippen LogP contribution < -0.4 is 14.4 Å². The highest BCUT2D eigenvalue weighted by Crippen LogP contribution is 2.41. The van der Waals surface area contributed by atoms with Gasteiger partial charge in [-0.05, 0) is 35.2 Å². The van der Waals surface area contributed by atoms with Crippen LogP contribution in [0.3, 0.4) is 0 Å². The molecule has 5 rings (SSSR count). The van der Waals surface area contributed by atoms with Crippen LogP contribution in [0.2, 0.25) is 0 Å². The van der Waals surface area contributed by atoms with E-state index in [1.54, 1.807) is 29.3 Å². The highest BCUT2D eigenvalue weighted by atomic mass is 16.6. The Morgan fingerprint density at radius 1 is 1.11 bits per heavy atom. The van der Waals surface area contributed by atoms with Gasteiger partial charge >= 0.3 is 0 Å². The topological polar surface area (TPSA) is 94.3 Å². The maximum absolute atomic E-state index is 13.5. The summed E-state index contributed by atoms with van der Waals surface area (Å²) in [5.74, 6) is 0.672. The number of hydrogen-bond acceptors (Lipinski definition) is 6. The molecule has 1 amide bonds. The number of nitro benzene ring substituents is 1. The average Bonchev–Trinajstić information content (AvgIpc) is 3.17. The van der Waals surface area contributed by atoms with Gasteiger partial charge in [0.2, 0.25) is 0 Å². The molecule has 0 saturated carbocycles. The first-order valence-electron chi connectivity index (χ1n) is 11.1. The molecule has 0 spiro atoms. The number of methoxy groups -OCH3 is 1. The molecule has 35 heavy (non-hydrogen) atoms. The Kier molecular flexibility index (Phi) is 6.55. The van der Waals surface area contributed by atoms with Crippen LogP contribution in [0.25, 0.3) is 0 Å². The van der Waals surface area contributed by atoms with Crippen molar-refractivity contribution < 1.29 is 19.2 Å². The Labute approximate surface area is 204 Å². The monoisotopic (exact) mass is 473 g/mol. The van der Waals surface area contributed by atoms with Gasteiger partial charge in [0.25, 0.3) is 11.6 Å². The van der Waals surface area contributed by atoms with Crippen LogP contribution in [0.4, 0.5) is 17.1 Å². The summed E-state index contributed by atoms with van der Waals surface area (Å²) in [7, 11) is 1.51. The van der Waals surface area contributed by atoms with Gasteiger partial charge in [-0.25, -0.2) is 0 Å². The zero-order valence-electron chi connectivity index (χ0n) is 18.9. The van der Waals surface area contributed by atoms with E-state index in [0.29, 0.717) is 41.2 Å². The van der Waals surface area contributed by atoms with E-state index in [0.717, 1.165) is 16.8 Å². The molecule has 2 aliphatic rings. The molecule has 0 aromatic heterocycles. The highest BCUT2D eigenvalue weighted by Gasteiger charge is 2.36. The number of non-ortho nitro benzene ring substituents is 1. The summed E-state index contributed by atoms with van der Waals surface area (Å²) < 4.78 is 11.5. The van der Waals surface area contributed by atoms with Crippen LogP contribution >= 0.6 is 0 Å². The van der Waals surface area contributed by atoms with Crippen molar-refractivity contribution in [1.82, 2.24) is 0 Å². The second-order valence-electron chi connectivity index (χ2n) is 8.28. The van der Waals surface area contributed by atoms with Crippen molar-refractivity contribution in [3.05, 3.63) is 87.0 Å². The van der Waals surface area contributed by atoms with Crippen LogP contribution in [-0.2, 0) is 19.4 Å². The van der Waals surface area contributed by atoms with E-state index in [9.17, 15) is 14.9 Å². The fraction of sp³-hybridized carbons (Fsp3) is 0.259. The van der Waals surface area contributed by atoms with Crippen LogP contribution in [0, 0.1) is 10.1 Å². The second kappa shape index (κ2) is 9.58. The molecular formula is C27H27N3O5. The number of aryl methyl sites for hydroxylation is 1. The molecule has 0 saturated heterocycles. The number of anilines is 1. The number of nitrogens with zero attached hydrogens (tertiary/aromatic N) is 3. The van der Waals surface area contributed by atoms with Gasteiger partial charge in [0.1, 0.15) is 6.61 Å². The van der Waals surface area contributed by atoms with Crippen LogP contribution in [0.15, 0.2) is 59.6 Å². The molecule has 0 radical (unpaired) electrons. The van der Waals surface area contributed by atoms with Crippen molar-refractivity contribution in [2.24, 2.45) is 4.99 Å². The molecule has 0 bridgehead atoms. The minimum atomic E-state index is -0.406. The molecule has 2 aliphatic heterocycles. The Morgan fingerprint density at radius 2 is 1.89 bits per heavy atom. The molecule has 180 valence electrons. The van der Waals surface area contributed by atoms with Crippen LogP contribution in [0.5, 0.6) is 11.5 Å². The Bertz CT molecular complexity index is 1330. The molecular weight excluding hydrogens is 446 g/mol. The minimum Gasteiger partial charge on any atom is -0.493 e. The summed E-state index contributed by atoms with van der Waals surface area (Å²) >= 11 is 0. The lowest BCUT2D eigenvalue weighted by Crippen LogP contribution is -2.37. The number of carbonyl (C=O) groups is 1. The zero-order chi connectivity index (χ0) is 23.8. The second-order valence-corrected chi connectivity index (χ2v) is 8.28. The van der Waals surface area contributed by atoms with E-state index in [2.05, 4.69) is 4.99 Å². The molecule has 3 aromatic carbocycles. The Morgan fingerprint density at radius 3 is 2.63 bits per heavy atom. The SMILES string of the molecule is C.CCc1cc(COc2cc3c(cc2OC)C(=O)N2c4ccccc4C[C@H]2C=N3)cc([N+](=O)[O-])c1. The molecule has 8 heteroatoms. The van der Waals surface area contributed by atoms with Crippen LogP contribution in [0.1, 0.15) is 41.4 Å². The van der Waals surface area contributed by atoms with Crippen molar-refractivity contribution in [2.45, 2.75) is 39.8 Å². The van der Waals surface area contributed by atoms with E-state index in [1.165, 1.54) is 13.2 Å². The summed E-state index contributed by atoms with van der Waals surface area (Å²) in [6.07, 6.45) is 3.19. The van der Waals surface area contributed by atoms with E-state index in [-0.39, 0.29) is 31.7 Å². The number of nitro groups is 1. The fourth-order valence-corrected chi connectivity index (χ4v) is 4.49. The van der Waals surface area contributed by atoms with Gasteiger partial charge in [-0.2, -0.15) is 0 Å². The molecule has 0 fully saturated rings. The Balaban J connectivity index is 0.00000289. The third kappa shape index (κ3) is 4.35. The Hall–Kier alpha value is -4.20. The smallest absolute Gasteiger partial charge is 0.270 e. The number of amides is 1. The number of rotatable bonds is 6. The minimum absolute atomic E-state index is 0. The van der Waals surface area contributed by atoms with E-state index < -0.39 is 4.92 Å². The lowest BCUT2D eigenvalue weighted by Gasteiger charge is -2.22.